The van der Waals surface area contributed by atoms with Crippen molar-refractivity contribution in [1.82, 2.24) is 20.1 Å². The van der Waals surface area contributed by atoms with Gasteiger partial charge in [0.1, 0.15) is 0 Å². The van der Waals surface area contributed by atoms with Crippen molar-refractivity contribution >= 4 is 5.91 Å². The maximum absolute atomic E-state index is 12.8. The molecular weight excluding hydrogens is 288 g/mol. The third-order valence-corrected chi connectivity index (χ3v) is 5.27. The van der Waals surface area contributed by atoms with Gasteiger partial charge in [-0.2, -0.15) is 0 Å². The molecule has 23 heavy (non-hydrogen) atoms. The number of aromatic nitrogens is 1. The molecule has 3 heterocycles. The van der Waals surface area contributed by atoms with Crippen molar-refractivity contribution in [3.8, 4) is 0 Å². The van der Waals surface area contributed by atoms with Gasteiger partial charge >= 0.3 is 0 Å². The summed E-state index contributed by atoms with van der Waals surface area (Å²) >= 11 is 0. The number of nitrogens with zero attached hydrogens (tertiary/aromatic N) is 3. The van der Waals surface area contributed by atoms with Crippen molar-refractivity contribution < 1.29 is 4.79 Å². The number of pyridine rings is 1. The molecule has 0 saturated carbocycles. The van der Waals surface area contributed by atoms with Gasteiger partial charge in [-0.05, 0) is 58.3 Å². The summed E-state index contributed by atoms with van der Waals surface area (Å²) in [6, 6.07) is 6.26. The van der Waals surface area contributed by atoms with Crippen LogP contribution in [0.5, 0.6) is 0 Å². The van der Waals surface area contributed by atoms with Gasteiger partial charge in [-0.15, -0.1) is 0 Å². The lowest BCUT2D eigenvalue weighted by molar-refractivity contribution is -0.139. The highest BCUT2D eigenvalue weighted by Crippen LogP contribution is 2.33. The normalized spacial score (nSPS) is 27.8. The predicted molar refractivity (Wildman–Crippen MR) is 90.9 cm³/mol. The number of likely N-dealkylation sites (tertiary alicyclic amines) is 1. The molecule has 3 rings (SSSR count). The molecule has 2 fully saturated rings. The van der Waals surface area contributed by atoms with Crippen molar-refractivity contribution in [3.63, 3.8) is 0 Å². The van der Waals surface area contributed by atoms with Gasteiger partial charge in [0.2, 0.25) is 5.91 Å². The lowest BCUT2D eigenvalue weighted by Gasteiger charge is -2.51. The first-order chi connectivity index (χ1) is 11.1. The Morgan fingerprint density at radius 3 is 3.13 bits per heavy atom. The fourth-order valence-electron chi connectivity index (χ4n) is 4.08. The zero-order valence-electron chi connectivity index (χ0n) is 14.3. The molecule has 1 aromatic rings. The Balaban J connectivity index is 1.60. The first-order valence-electron chi connectivity index (χ1n) is 8.71. The summed E-state index contributed by atoms with van der Waals surface area (Å²) in [4.78, 5) is 21.4. The molecule has 1 N–H and O–H groups in total. The Bertz CT molecular complexity index is 531. The molecule has 0 unspecified atom stereocenters. The van der Waals surface area contributed by atoms with E-state index in [2.05, 4.69) is 27.0 Å². The first-order valence-corrected chi connectivity index (χ1v) is 8.71. The second kappa shape index (κ2) is 6.97. The molecule has 0 aliphatic carbocycles. The van der Waals surface area contributed by atoms with Gasteiger partial charge in [0.05, 0.1) is 12.2 Å². The maximum atomic E-state index is 12.8. The zero-order chi connectivity index (χ0) is 16.3. The lowest BCUT2D eigenvalue weighted by Crippen LogP contribution is -2.66. The molecule has 1 aromatic heterocycles. The van der Waals surface area contributed by atoms with E-state index in [1.807, 2.05) is 25.2 Å². The van der Waals surface area contributed by atoms with Gasteiger partial charge in [-0.25, -0.2) is 0 Å². The minimum atomic E-state index is 0.103. The maximum Gasteiger partial charge on any atom is 0.237 e. The van der Waals surface area contributed by atoms with Gasteiger partial charge in [-0.3, -0.25) is 14.7 Å². The van der Waals surface area contributed by atoms with Gasteiger partial charge in [0, 0.05) is 30.9 Å². The van der Waals surface area contributed by atoms with Crippen LogP contribution in [0.1, 0.15) is 38.3 Å². The van der Waals surface area contributed by atoms with Crippen molar-refractivity contribution in [2.45, 2.75) is 50.7 Å². The monoisotopic (exact) mass is 316 g/mol. The van der Waals surface area contributed by atoms with Crippen LogP contribution in [0, 0.1) is 0 Å². The summed E-state index contributed by atoms with van der Waals surface area (Å²) in [7, 11) is 1.99. The summed E-state index contributed by atoms with van der Waals surface area (Å²) < 4.78 is 0. The number of hydrogen-bond acceptors (Lipinski definition) is 4. The third-order valence-electron chi connectivity index (χ3n) is 5.27. The minimum absolute atomic E-state index is 0.103. The zero-order valence-corrected chi connectivity index (χ0v) is 14.3. The Kier molecular flexibility index (Phi) is 4.97. The molecule has 2 aliphatic rings. The number of fused-ring (bicyclic) bond motifs is 1. The van der Waals surface area contributed by atoms with Crippen LogP contribution < -0.4 is 5.32 Å². The van der Waals surface area contributed by atoms with Crippen LogP contribution in [0.4, 0.5) is 0 Å². The molecule has 1 amide bonds. The summed E-state index contributed by atoms with van der Waals surface area (Å²) in [5.74, 6) is 0.253. The number of amides is 1. The lowest BCUT2D eigenvalue weighted by atomic mass is 9.78. The second-order valence-electron chi connectivity index (χ2n) is 7.19. The predicted octanol–water partition coefficient (Wildman–Crippen LogP) is 1.65. The van der Waals surface area contributed by atoms with E-state index in [-0.39, 0.29) is 11.4 Å². The van der Waals surface area contributed by atoms with E-state index in [1.54, 1.807) is 6.20 Å². The number of rotatable bonds is 4. The van der Waals surface area contributed by atoms with E-state index < -0.39 is 0 Å². The molecular formula is C18H28N4O. The number of hydrogen-bond donors (Lipinski definition) is 1. The van der Waals surface area contributed by atoms with Crippen LogP contribution >= 0.6 is 0 Å². The minimum Gasteiger partial charge on any atom is -0.337 e. The summed E-state index contributed by atoms with van der Waals surface area (Å²) in [6.45, 7) is 5.43. The van der Waals surface area contributed by atoms with E-state index in [0.717, 1.165) is 38.0 Å². The highest BCUT2D eigenvalue weighted by atomic mass is 16.2. The Labute approximate surface area is 139 Å². The Hall–Kier alpha value is -1.46. The number of piperidine rings is 2. The van der Waals surface area contributed by atoms with Gasteiger partial charge in [0.25, 0.3) is 0 Å². The van der Waals surface area contributed by atoms with E-state index in [9.17, 15) is 4.79 Å². The summed E-state index contributed by atoms with van der Waals surface area (Å²) in [5.41, 5.74) is 1.11. The fraction of sp³-hybridized carbons (Fsp3) is 0.667. The van der Waals surface area contributed by atoms with E-state index in [0.29, 0.717) is 19.1 Å². The largest absolute Gasteiger partial charge is 0.337 e. The standard InChI is InChI=1S/C18H28N4O/c1-18-9-6-12-22(16(18)8-5-11-20-18)17(23)14-21(2)13-15-7-3-4-10-19-15/h3-4,7,10,16,20H,5-6,8-9,11-14H2,1-2H3/t16-,18+/m1/s1. The van der Waals surface area contributed by atoms with Crippen LogP contribution in [-0.2, 0) is 11.3 Å². The van der Waals surface area contributed by atoms with Gasteiger partial charge < -0.3 is 10.2 Å². The molecule has 2 saturated heterocycles. The molecule has 2 aliphatic heterocycles. The Morgan fingerprint density at radius 2 is 2.35 bits per heavy atom. The summed E-state index contributed by atoms with van der Waals surface area (Å²) in [6.07, 6.45) is 6.35. The average Bonchev–Trinajstić information content (AvgIpc) is 2.54. The van der Waals surface area contributed by atoms with Crippen LogP contribution in [0.3, 0.4) is 0 Å². The van der Waals surface area contributed by atoms with Crippen LogP contribution in [0.25, 0.3) is 0 Å². The van der Waals surface area contributed by atoms with Gasteiger partial charge in [-0.1, -0.05) is 6.07 Å². The smallest absolute Gasteiger partial charge is 0.237 e. The van der Waals surface area contributed by atoms with E-state index in [1.165, 1.54) is 6.42 Å². The molecule has 0 aromatic carbocycles. The van der Waals surface area contributed by atoms with Crippen molar-refractivity contribution in [1.29, 1.82) is 0 Å². The number of nitrogens with one attached hydrogen (secondary N) is 1. The van der Waals surface area contributed by atoms with E-state index >= 15 is 0 Å². The highest BCUT2D eigenvalue weighted by molar-refractivity contribution is 5.79. The van der Waals surface area contributed by atoms with E-state index in [4.69, 9.17) is 0 Å². The number of likely N-dealkylation sites (N-methyl/N-ethyl adjacent to an activating group) is 1. The highest BCUT2D eigenvalue weighted by Gasteiger charge is 2.43. The number of carbonyl (C=O) groups excluding carboxylic acids is 1. The van der Waals surface area contributed by atoms with Crippen LogP contribution in [-0.4, -0.2) is 59.0 Å². The molecule has 2 atom stereocenters. The van der Waals surface area contributed by atoms with Crippen molar-refractivity contribution in [3.05, 3.63) is 30.1 Å². The number of carbonyl (C=O) groups is 1. The van der Waals surface area contributed by atoms with Crippen molar-refractivity contribution in [2.75, 3.05) is 26.7 Å². The molecule has 5 heteroatoms. The topological polar surface area (TPSA) is 48.5 Å². The van der Waals surface area contributed by atoms with Crippen molar-refractivity contribution in [2.24, 2.45) is 0 Å². The molecule has 5 nitrogen and oxygen atoms in total. The fourth-order valence-corrected chi connectivity index (χ4v) is 4.08. The van der Waals surface area contributed by atoms with Crippen LogP contribution in [0.15, 0.2) is 24.4 Å². The van der Waals surface area contributed by atoms with Gasteiger partial charge in [0.15, 0.2) is 0 Å². The second-order valence-corrected chi connectivity index (χ2v) is 7.19. The average molecular weight is 316 g/mol. The molecule has 126 valence electrons. The molecule has 0 bridgehead atoms. The van der Waals surface area contributed by atoms with Crippen LogP contribution in [0.2, 0.25) is 0 Å². The SMILES string of the molecule is CN(CC(=O)N1CCC[C@]2(C)NCCC[C@@H]12)Cc1ccccn1. The molecule has 0 spiro atoms. The third kappa shape index (κ3) is 3.72. The Morgan fingerprint density at radius 1 is 1.48 bits per heavy atom. The summed E-state index contributed by atoms with van der Waals surface area (Å²) in [5, 5.41) is 3.66. The molecule has 0 radical (unpaired) electrons. The first kappa shape index (κ1) is 16.4. The quantitative estimate of drug-likeness (QED) is 0.917.